The molecule has 1 fully saturated rings. The van der Waals surface area contributed by atoms with Gasteiger partial charge in [-0.05, 0) is 31.9 Å². The molecular weight excluding hydrogens is 250 g/mol. The number of hydrogen-bond acceptors (Lipinski definition) is 4. The summed E-state index contributed by atoms with van der Waals surface area (Å²) in [6.07, 6.45) is 15.2. The number of rotatable bonds is 2. The molecule has 2 bridgehead atoms. The van der Waals surface area contributed by atoms with Crippen LogP contribution >= 0.6 is 0 Å². The van der Waals surface area contributed by atoms with E-state index in [2.05, 4.69) is 33.0 Å². The summed E-state index contributed by atoms with van der Waals surface area (Å²) in [5, 5.41) is 0. The first-order valence-corrected chi connectivity index (χ1v) is 7.04. The molecule has 2 unspecified atom stereocenters. The molecule has 0 spiro atoms. The highest BCUT2D eigenvalue weighted by Crippen LogP contribution is 2.36. The van der Waals surface area contributed by atoms with E-state index in [1.165, 1.54) is 18.4 Å². The van der Waals surface area contributed by atoms with Crippen molar-refractivity contribution in [1.29, 1.82) is 0 Å². The van der Waals surface area contributed by atoms with Gasteiger partial charge in [-0.25, -0.2) is 15.0 Å². The molecule has 0 radical (unpaired) electrons. The predicted octanol–water partition coefficient (Wildman–Crippen LogP) is 1.91. The van der Waals surface area contributed by atoms with Crippen molar-refractivity contribution in [1.82, 2.24) is 24.4 Å². The van der Waals surface area contributed by atoms with Gasteiger partial charge in [-0.1, -0.05) is 6.08 Å². The molecule has 2 aromatic heterocycles. The third-order valence-electron chi connectivity index (χ3n) is 4.49. The average Bonchev–Trinajstić information content (AvgIpc) is 3.06. The molecule has 20 heavy (non-hydrogen) atoms. The lowest BCUT2D eigenvalue weighted by atomic mass is 9.97. The summed E-state index contributed by atoms with van der Waals surface area (Å²) < 4.78 is 1.82. The smallest absolute Gasteiger partial charge is 0.234 e. The molecule has 5 heteroatoms. The third kappa shape index (κ3) is 1.86. The monoisotopic (exact) mass is 267 g/mol. The summed E-state index contributed by atoms with van der Waals surface area (Å²) in [4.78, 5) is 15.4. The summed E-state index contributed by atoms with van der Waals surface area (Å²) in [5.41, 5.74) is 2.55. The predicted molar refractivity (Wildman–Crippen MR) is 76.3 cm³/mol. The second-order valence-electron chi connectivity index (χ2n) is 5.60. The maximum atomic E-state index is 4.44. The molecule has 0 aliphatic carbocycles. The van der Waals surface area contributed by atoms with Crippen molar-refractivity contribution in [3.8, 4) is 5.95 Å². The minimum atomic E-state index is 0.595. The molecule has 0 N–H and O–H groups in total. The quantitative estimate of drug-likeness (QED) is 0.834. The van der Waals surface area contributed by atoms with Crippen LogP contribution in [0.25, 0.3) is 11.5 Å². The van der Waals surface area contributed by atoms with Crippen LogP contribution in [0.15, 0.2) is 37.2 Å². The van der Waals surface area contributed by atoms with Gasteiger partial charge in [-0.2, -0.15) is 0 Å². The summed E-state index contributed by atoms with van der Waals surface area (Å²) in [7, 11) is 2.23. The van der Waals surface area contributed by atoms with Crippen LogP contribution in [0.2, 0.25) is 0 Å². The number of fused-ring (bicyclic) bond motifs is 2. The SMILES string of the molecule is CN1C2C=C(c3cnc(-n4ccnc4)nc3)CC1CC2. The van der Waals surface area contributed by atoms with Crippen LogP contribution in [0.5, 0.6) is 0 Å². The number of aromatic nitrogens is 4. The molecule has 4 rings (SSSR count). The normalized spacial score (nSPS) is 25.8. The first-order chi connectivity index (χ1) is 9.81. The fraction of sp³-hybridized carbons (Fsp3) is 0.400. The van der Waals surface area contributed by atoms with E-state index in [-0.39, 0.29) is 0 Å². The van der Waals surface area contributed by atoms with Crippen molar-refractivity contribution in [2.24, 2.45) is 0 Å². The zero-order valence-corrected chi connectivity index (χ0v) is 11.5. The van der Waals surface area contributed by atoms with E-state index in [9.17, 15) is 0 Å². The molecule has 0 saturated carbocycles. The summed E-state index contributed by atoms with van der Waals surface area (Å²) in [5.74, 6) is 0.669. The van der Waals surface area contributed by atoms with E-state index >= 15 is 0 Å². The Morgan fingerprint density at radius 2 is 2.05 bits per heavy atom. The highest BCUT2D eigenvalue weighted by Gasteiger charge is 2.33. The van der Waals surface area contributed by atoms with Gasteiger partial charge in [0.15, 0.2) is 0 Å². The number of hydrogen-bond donors (Lipinski definition) is 0. The van der Waals surface area contributed by atoms with E-state index in [4.69, 9.17) is 0 Å². The summed E-state index contributed by atoms with van der Waals surface area (Å²) >= 11 is 0. The number of imidazole rings is 1. The lowest BCUT2D eigenvalue weighted by molar-refractivity contribution is 0.264. The van der Waals surface area contributed by atoms with Crippen LogP contribution in [0.1, 0.15) is 24.8 Å². The standard InChI is InChI=1S/C15H17N5/c1-19-13-2-3-14(19)7-11(6-13)12-8-17-15(18-9-12)20-5-4-16-10-20/h4-6,8-10,13-14H,2-3,7H2,1H3. The molecule has 4 heterocycles. The van der Waals surface area contributed by atoms with Gasteiger partial charge in [0.25, 0.3) is 0 Å². The number of nitrogens with zero attached hydrogens (tertiary/aromatic N) is 5. The minimum Gasteiger partial charge on any atom is -0.297 e. The van der Waals surface area contributed by atoms with Crippen LogP contribution < -0.4 is 0 Å². The third-order valence-corrected chi connectivity index (χ3v) is 4.49. The lowest BCUT2D eigenvalue weighted by Crippen LogP contribution is -2.34. The Balaban J connectivity index is 1.62. The van der Waals surface area contributed by atoms with Crippen LogP contribution in [0.3, 0.4) is 0 Å². The van der Waals surface area contributed by atoms with Gasteiger partial charge in [0.2, 0.25) is 5.95 Å². The minimum absolute atomic E-state index is 0.595. The number of likely N-dealkylation sites (N-methyl/N-ethyl adjacent to an activating group) is 1. The maximum Gasteiger partial charge on any atom is 0.234 e. The van der Waals surface area contributed by atoms with Gasteiger partial charge >= 0.3 is 0 Å². The largest absolute Gasteiger partial charge is 0.297 e. The van der Waals surface area contributed by atoms with Crippen LogP contribution in [-0.2, 0) is 0 Å². The van der Waals surface area contributed by atoms with Gasteiger partial charge < -0.3 is 0 Å². The molecule has 102 valence electrons. The van der Waals surface area contributed by atoms with Gasteiger partial charge in [0.1, 0.15) is 6.33 Å². The molecule has 2 aromatic rings. The zero-order valence-electron chi connectivity index (χ0n) is 11.5. The molecule has 2 atom stereocenters. The first-order valence-electron chi connectivity index (χ1n) is 7.04. The molecule has 0 aromatic carbocycles. The van der Waals surface area contributed by atoms with Crippen molar-refractivity contribution in [2.75, 3.05) is 7.05 Å². The second-order valence-corrected chi connectivity index (χ2v) is 5.60. The Morgan fingerprint density at radius 1 is 1.20 bits per heavy atom. The second kappa shape index (κ2) is 4.52. The Labute approximate surface area is 118 Å². The van der Waals surface area contributed by atoms with Gasteiger partial charge in [-0.15, -0.1) is 0 Å². The highest BCUT2D eigenvalue weighted by atomic mass is 15.2. The molecular formula is C15H17N5. The molecule has 0 amide bonds. The lowest BCUT2D eigenvalue weighted by Gasteiger charge is -2.30. The Hall–Kier alpha value is -2.01. The molecule has 1 saturated heterocycles. The van der Waals surface area contributed by atoms with Gasteiger partial charge in [0.05, 0.1) is 0 Å². The fourth-order valence-corrected chi connectivity index (χ4v) is 3.25. The highest BCUT2D eigenvalue weighted by molar-refractivity contribution is 5.67. The Kier molecular flexibility index (Phi) is 2.67. The molecule has 2 aliphatic heterocycles. The van der Waals surface area contributed by atoms with Crippen molar-refractivity contribution in [3.05, 3.63) is 42.8 Å². The van der Waals surface area contributed by atoms with Crippen LogP contribution in [0.4, 0.5) is 0 Å². The topological polar surface area (TPSA) is 46.8 Å². The summed E-state index contributed by atoms with van der Waals surface area (Å²) in [6, 6.07) is 1.28. The van der Waals surface area contributed by atoms with E-state index in [0.717, 1.165) is 12.0 Å². The van der Waals surface area contributed by atoms with Crippen LogP contribution in [0, 0.1) is 0 Å². The van der Waals surface area contributed by atoms with Gasteiger partial charge in [-0.3, -0.25) is 9.47 Å². The molecule has 2 aliphatic rings. The van der Waals surface area contributed by atoms with E-state index < -0.39 is 0 Å². The van der Waals surface area contributed by atoms with Crippen molar-refractivity contribution < 1.29 is 0 Å². The van der Waals surface area contributed by atoms with E-state index in [1.54, 1.807) is 12.5 Å². The van der Waals surface area contributed by atoms with E-state index in [0.29, 0.717) is 18.0 Å². The van der Waals surface area contributed by atoms with Gasteiger partial charge in [0, 0.05) is 42.4 Å². The Bertz CT molecular complexity index is 629. The first kappa shape index (κ1) is 11.8. The zero-order chi connectivity index (χ0) is 13.5. The molecule has 5 nitrogen and oxygen atoms in total. The fourth-order valence-electron chi connectivity index (χ4n) is 3.25. The maximum absolute atomic E-state index is 4.44. The Morgan fingerprint density at radius 3 is 2.75 bits per heavy atom. The van der Waals surface area contributed by atoms with Crippen LogP contribution in [-0.4, -0.2) is 43.6 Å². The summed E-state index contributed by atoms with van der Waals surface area (Å²) in [6.45, 7) is 0. The average molecular weight is 267 g/mol. The van der Waals surface area contributed by atoms with E-state index in [1.807, 2.05) is 23.2 Å². The van der Waals surface area contributed by atoms with Crippen molar-refractivity contribution in [3.63, 3.8) is 0 Å². The van der Waals surface area contributed by atoms with Crippen molar-refractivity contribution in [2.45, 2.75) is 31.3 Å². The van der Waals surface area contributed by atoms with Crippen molar-refractivity contribution >= 4 is 5.57 Å².